The van der Waals surface area contributed by atoms with Crippen molar-refractivity contribution >= 4 is 32.9 Å². The third-order valence-corrected chi connectivity index (χ3v) is 7.32. The first-order chi connectivity index (χ1) is 17.1. The van der Waals surface area contributed by atoms with Crippen LogP contribution in [0.25, 0.3) is 10.9 Å². The molecule has 0 aliphatic heterocycles. The number of benzene rings is 3. The van der Waals surface area contributed by atoms with Crippen molar-refractivity contribution in [3.8, 4) is 0 Å². The summed E-state index contributed by atoms with van der Waals surface area (Å²) in [6.07, 6.45) is 0. The highest BCUT2D eigenvalue weighted by Gasteiger charge is 2.29. The number of amides is 1. The van der Waals surface area contributed by atoms with Gasteiger partial charge in [0.05, 0.1) is 34.8 Å². The minimum absolute atomic E-state index is 0.103. The number of para-hydroxylation sites is 1. The summed E-state index contributed by atoms with van der Waals surface area (Å²) in [5.41, 5.74) is 2.90. The number of carbonyl (C=O) groups excluding carboxylic acids is 2. The van der Waals surface area contributed by atoms with Crippen LogP contribution in [0.3, 0.4) is 0 Å². The van der Waals surface area contributed by atoms with E-state index < -0.39 is 22.0 Å². The van der Waals surface area contributed by atoms with Crippen molar-refractivity contribution in [1.29, 1.82) is 0 Å². The molecule has 4 aromatic rings. The molecule has 0 spiro atoms. The zero-order valence-electron chi connectivity index (χ0n) is 20.4. The van der Waals surface area contributed by atoms with Gasteiger partial charge < -0.3 is 9.64 Å². The molecule has 1 amide bonds. The highest BCUT2D eigenvalue weighted by atomic mass is 32.2. The number of hydrogen-bond acceptors (Lipinski definition) is 5. The molecule has 3 aromatic carbocycles. The lowest BCUT2D eigenvalue weighted by Gasteiger charge is -2.23. The number of sulfonamides is 1. The quantitative estimate of drug-likeness (QED) is 0.393. The van der Waals surface area contributed by atoms with E-state index in [2.05, 4.69) is 4.72 Å². The Morgan fingerprint density at radius 1 is 0.944 bits per heavy atom. The lowest BCUT2D eigenvalue weighted by Crippen LogP contribution is -2.34. The molecule has 0 aliphatic rings. The molecule has 0 saturated heterocycles. The molecule has 0 fully saturated rings. The van der Waals surface area contributed by atoms with Crippen molar-refractivity contribution in [3.63, 3.8) is 0 Å². The van der Waals surface area contributed by atoms with Crippen molar-refractivity contribution in [2.24, 2.45) is 0 Å². The van der Waals surface area contributed by atoms with Crippen molar-refractivity contribution in [1.82, 2.24) is 14.2 Å². The van der Waals surface area contributed by atoms with Gasteiger partial charge in [0.1, 0.15) is 0 Å². The van der Waals surface area contributed by atoms with E-state index in [9.17, 15) is 18.0 Å². The number of aromatic nitrogens is 1. The third-order valence-electron chi connectivity index (χ3n) is 5.88. The van der Waals surface area contributed by atoms with Gasteiger partial charge in [0.25, 0.3) is 0 Å². The second-order valence-corrected chi connectivity index (χ2v) is 10.3. The Morgan fingerprint density at radius 3 is 2.19 bits per heavy atom. The first-order valence-electron chi connectivity index (χ1n) is 11.2. The largest absolute Gasteiger partial charge is 0.465 e. The number of nitrogens with one attached hydrogen (secondary N) is 1. The van der Waals surface area contributed by atoms with E-state index in [-0.39, 0.29) is 10.9 Å². The van der Waals surface area contributed by atoms with Crippen molar-refractivity contribution in [3.05, 3.63) is 101 Å². The van der Waals surface area contributed by atoms with Crippen LogP contribution in [-0.2, 0) is 14.8 Å². The lowest BCUT2D eigenvalue weighted by atomic mass is 10.0. The number of rotatable bonds is 6. The summed E-state index contributed by atoms with van der Waals surface area (Å²) in [6, 6.07) is 20.8. The van der Waals surface area contributed by atoms with Crippen LogP contribution in [0.1, 0.15) is 33.2 Å². The molecule has 1 aromatic heterocycles. The predicted octanol–water partition coefficient (Wildman–Crippen LogP) is 4.33. The van der Waals surface area contributed by atoms with Gasteiger partial charge in [-0.2, -0.15) is 4.72 Å². The first kappa shape index (κ1) is 25.2. The van der Waals surface area contributed by atoms with E-state index >= 15 is 0 Å². The Labute approximate surface area is 210 Å². The number of aryl methyl sites for hydroxylation is 1. The van der Waals surface area contributed by atoms with Gasteiger partial charge in [-0.1, -0.05) is 48.0 Å². The average molecular weight is 506 g/mol. The highest BCUT2D eigenvalue weighted by molar-refractivity contribution is 7.89. The maximum Gasteiger partial charge on any atom is 0.337 e. The number of hydrogen-bond donors (Lipinski definition) is 1. The fourth-order valence-electron chi connectivity index (χ4n) is 3.97. The zero-order valence-corrected chi connectivity index (χ0v) is 21.2. The Morgan fingerprint density at radius 2 is 1.58 bits per heavy atom. The van der Waals surface area contributed by atoms with Gasteiger partial charge in [0, 0.05) is 19.5 Å². The van der Waals surface area contributed by atoms with Crippen molar-refractivity contribution in [2.75, 3.05) is 21.2 Å². The Kier molecular flexibility index (Phi) is 6.96. The smallest absolute Gasteiger partial charge is 0.337 e. The number of methoxy groups -OCH3 is 1. The van der Waals surface area contributed by atoms with Crippen LogP contribution >= 0.6 is 0 Å². The molecule has 186 valence electrons. The van der Waals surface area contributed by atoms with E-state index in [0.717, 1.165) is 10.9 Å². The Balaban J connectivity index is 1.91. The summed E-state index contributed by atoms with van der Waals surface area (Å²) in [6.45, 7) is 1.88. The van der Waals surface area contributed by atoms with Gasteiger partial charge in [-0.25, -0.2) is 18.0 Å². The number of esters is 1. The molecule has 1 N–H and O–H groups in total. The van der Waals surface area contributed by atoms with Crippen LogP contribution < -0.4 is 4.72 Å². The topological polar surface area (TPSA) is 97.7 Å². The Bertz CT molecular complexity index is 1520. The van der Waals surface area contributed by atoms with Crippen molar-refractivity contribution in [2.45, 2.75) is 17.9 Å². The van der Waals surface area contributed by atoms with Gasteiger partial charge in [-0.3, -0.25) is 4.57 Å². The molecule has 0 aliphatic carbocycles. The fourth-order valence-corrected chi connectivity index (χ4v) is 5.17. The lowest BCUT2D eigenvalue weighted by molar-refractivity contribution is 0.0600. The summed E-state index contributed by atoms with van der Waals surface area (Å²) in [5, 5.41) is 0.786. The van der Waals surface area contributed by atoms with Crippen LogP contribution in [0.5, 0.6) is 0 Å². The van der Waals surface area contributed by atoms with Gasteiger partial charge in [0.15, 0.2) is 0 Å². The SMILES string of the molecule is COC(=O)c1ccc(C(NS(=O)(=O)c2ccc(C)cc2)c2cc3ccccc3n2C(=O)N(C)C)cc1. The predicted molar refractivity (Wildman–Crippen MR) is 138 cm³/mol. The number of ether oxygens (including phenoxy) is 1. The van der Waals surface area contributed by atoms with Crippen LogP contribution in [0, 0.1) is 6.92 Å². The molecule has 0 radical (unpaired) electrons. The number of carbonyl (C=O) groups is 2. The zero-order chi connectivity index (χ0) is 26.0. The van der Waals surface area contributed by atoms with E-state index in [4.69, 9.17) is 4.74 Å². The van der Waals surface area contributed by atoms with E-state index in [1.807, 2.05) is 31.2 Å². The third kappa shape index (κ3) is 4.89. The first-order valence-corrected chi connectivity index (χ1v) is 12.7. The Hall–Kier alpha value is -3.95. The van der Waals surface area contributed by atoms with Crippen LogP contribution in [0.2, 0.25) is 0 Å². The number of fused-ring (bicyclic) bond motifs is 1. The monoisotopic (exact) mass is 505 g/mol. The van der Waals surface area contributed by atoms with Gasteiger partial charge in [-0.15, -0.1) is 0 Å². The normalized spacial score (nSPS) is 12.3. The molecule has 36 heavy (non-hydrogen) atoms. The molecule has 1 unspecified atom stereocenters. The van der Waals surface area contributed by atoms with Crippen LogP contribution in [0.4, 0.5) is 4.79 Å². The van der Waals surface area contributed by atoms with E-state index in [1.54, 1.807) is 56.6 Å². The maximum atomic E-state index is 13.5. The minimum atomic E-state index is -3.98. The van der Waals surface area contributed by atoms with Crippen molar-refractivity contribution < 1.29 is 22.7 Å². The van der Waals surface area contributed by atoms with Gasteiger partial charge >= 0.3 is 12.0 Å². The van der Waals surface area contributed by atoms with Crippen LogP contribution in [0.15, 0.2) is 83.8 Å². The molecule has 0 saturated carbocycles. The summed E-state index contributed by atoms with van der Waals surface area (Å²) in [5.74, 6) is -0.504. The average Bonchev–Trinajstić information content (AvgIpc) is 3.26. The minimum Gasteiger partial charge on any atom is -0.465 e. The molecule has 1 atom stereocenters. The molecule has 9 heteroatoms. The second-order valence-electron chi connectivity index (χ2n) is 8.62. The molecule has 0 bridgehead atoms. The summed E-state index contributed by atoms with van der Waals surface area (Å²) in [7, 11) is 0.581. The van der Waals surface area contributed by atoms with Gasteiger partial charge in [-0.05, 0) is 48.9 Å². The summed E-state index contributed by atoms with van der Waals surface area (Å²) >= 11 is 0. The second kappa shape index (κ2) is 9.96. The summed E-state index contributed by atoms with van der Waals surface area (Å²) in [4.78, 5) is 26.8. The number of nitrogens with zero attached hydrogens (tertiary/aromatic N) is 2. The molecular formula is C27H27N3O5S. The summed E-state index contributed by atoms with van der Waals surface area (Å²) < 4.78 is 36.0. The molecule has 4 rings (SSSR count). The van der Waals surface area contributed by atoms with Crippen LogP contribution in [-0.4, -0.2) is 51.1 Å². The van der Waals surface area contributed by atoms with E-state index in [1.165, 1.54) is 28.7 Å². The fraction of sp³-hybridized carbons (Fsp3) is 0.185. The molecule has 8 nitrogen and oxygen atoms in total. The maximum absolute atomic E-state index is 13.5. The van der Waals surface area contributed by atoms with E-state index in [0.29, 0.717) is 22.3 Å². The van der Waals surface area contributed by atoms with Gasteiger partial charge in [0.2, 0.25) is 10.0 Å². The molecule has 1 heterocycles. The highest BCUT2D eigenvalue weighted by Crippen LogP contribution is 2.31. The molecular weight excluding hydrogens is 478 g/mol. The standard InChI is InChI=1S/C27H27N3O5S/c1-18-9-15-22(16-10-18)36(33,34)28-25(19-11-13-20(14-12-19)26(31)35-4)24-17-21-7-5-6-8-23(21)30(24)27(32)29(2)3/h5-17,25,28H,1-4H3.